The first-order valence-corrected chi connectivity index (χ1v) is 8.96. The molecule has 2 rings (SSSR count). The van der Waals surface area contributed by atoms with Gasteiger partial charge in [0.25, 0.3) is 11.7 Å². The largest absolute Gasteiger partial charge is 0.379 e. The molecule has 8 nitrogen and oxygen atoms in total. The Kier molecular flexibility index (Phi) is 5.91. The molecule has 1 aromatic rings. The molecule has 1 aromatic heterocycles. The highest BCUT2D eigenvalue weighted by Crippen LogP contribution is 2.15. The minimum Gasteiger partial charge on any atom is -0.379 e. The number of morpholine rings is 1. The summed E-state index contributed by atoms with van der Waals surface area (Å²) < 4.78 is 31.5. The molecule has 0 radical (unpaired) electrons. The number of aromatic amines is 1. The van der Waals surface area contributed by atoms with E-state index in [1.165, 1.54) is 16.6 Å². The van der Waals surface area contributed by atoms with E-state index >= 15 is 0 Å². The summed E-state index contributed by atoms with van der Waals surface area (Å²) in [6.45, 7) is 5.42. The van der Waals surface area contributed by atoms with Crippen LogP contribution in [0.4, 0.5) is 5.82 Å². The van der Waals surface area contributed by atoms with Gasteiger partial charge in [0, 0.05) is 25.2 Å². The zero-order valence-electron chi connectivity index (χ0n) is 13.3. The number of anilines is 1. The van der Waals surface area contributed by atoms with E-state index in [1.54, 1.807) is 6.07 Å². The quantitative estimate of drug-likeness (QED) is 0.722. The van der Waals surface area contributed by atoms with Gasteiger partial charge in [0.2, 0.25) is 10.0 Å². The van der Waals surface area contributed by atoms with Gasteiger partial charge >= 0.3 is 0 Å². The lowest BCUT2D eigenvalue weighted by molar-refractivity contribution is -0.364. The van der Waals surface area contributed by atoms with Gasteiger partial charge in [-0.25, -0.2) is 13.4 Å². The lowest BCUT2D eigenvalue weighted by atomic mass is 10.4. The first-order valence-electron chi connectivity index (χ1n) is 7.52. The molecule has 2 heterocycles. The Labute approximate surface area is 136 Å². The van der Waals surface area contributed by atoms with Crippen LogP contribution >= 0.6 is 0 Å². The maximum atomic E-state index is 12.5. The van der Waals surface area contributed by atoms with E-state index in [0.717, 1.165) is 0 Å². The number of H-pyrrole nitrogens is 1. The third-order valence-corrected chi connectivity index (χ3v) is 5.18. The second kappa shape index (κ2) is 7.71. The first kappa shape index (κ1) is 17.6. The number of amides is 1. The third kappa shape index (κ3) is 4.88. The van der Waals surface area contributed by atoms with Gasteiger partial charge in [-0.3, -0.25) is 10.1 Å². The van der Waals surface area contributed by atoms with Crippen LogP contribution < -0.4 is 15.6 Å². The summed E-state index contributed by atoms with van der Waals surface area (Å²) >= 11 is 0. The van der Waals surface area contributed by atoms with Crippen molar-refractivity contribution in [2.75, 3.05) is 38.2 Å². The number of pyridine rings is 1. The molecule has 0 aliphatic carbocycles. The average molecular weight is 343 g/mol. The number of nitrogens with one attached hydrogen (secondary N) is 3. The van der Waals surface area contributed by atoms with E-state index in [1.807, 2.05) is 13.8 Å². The summed E-state index contributed by atoms with van der Waals surface area (Å²) in [5, 5.41) is 5.67. The number of carbonyl (C=O) groups is 1. The highest BCUT2D eigenvalue weighted by molar-refractivity contribution is 7.89. The van der Waals surface area contributed by atoms with Crippen LogP contribution in [0.3, 0.4) is 0 Å². The molecular formula is C14H23N4O4S+. The van der Waals surface area contributed by atoms with Gasteiger partial charge in [-0.1, -0.05) is 0 Å². The highest BCUT2D eigenvalue weighted by atomic mass is 32.2. The number of ether oxygens (including phenoxy) is 1. The maximum absolute atomic E-state index is 12.5. The van der Waals surface area contributed by atoms with Gasteiger partial charge < -0.3 is 10.1 Å². The number of sulfonamides is 1. The molecule has 1 amide bonds. The summed E-state index contributed by atoms with van der Waals surface area (Å²) in [6.07, 6.45) is 1.42. The van der Waals surface area contributed by atoms with E-state index in [9.17, 15) is 13.2 Å². The van der Waals surface area contributed by atoms with E-state index in [0.29, 0.717) is 32.1 Å². The summed E-state index contributed by atoms with van der Waals surface area (Å²) in [5.41, 5.74) is 0. The maximum Gasteiger partial charge on any atom is 0.272 e. The van der Waals surface area contributed by atoms with Gasteiger partial charge in [0.1, 0.15) is 11.1 Å². The fourth-order valence-corrected chi connectivity index (χ4v) is 3.54. The number of hydrogen-bond acceptors (Lipinski definition) is 5. The van der Waals surface area contributed by atoms with Crippen LogP contribution in [0.5, 0.6) is 0 Å². The van der Waals surface area contributed by atoms with Crippen LogP contribution in [0, 0.1) is 0 Å². The number of aromatic nitrogens is 1. The Morgan fingerprint density at radius 2 is 2.04 bits per heavy atom. The molecule has 0 bridgehead atoms. The van der Waals surface area contributed by atoms with Gasteiger partial charge in [0.15, 0.2) is 6.54 Å². The van der Waals surface area contributed by atoms with Crippen molar-refractivity contribution in [3.63, 3.8) is 0 Å². The summed E-state index contributed by atoms with van der Waals surface area (Å²) in [5.74, 6) is 0.447. The molecule has 0 saturated carbocycles. The Morgan fingerprint density at radius 3 is 2.61 bits per heavy atom. The molecule has 9 heteroatoms. The normalized spacial score (nSPS) is 16.3. The van der Waals surface area contributed by atoms with Crippen molar-refractivity contribution in [1.29, 1.82) is 0 Å². The molecule has 1 fully saturated rings. The molecule has 1 aliphatic rings. The van der Waals surface area contributed by atoms with Gasteiger partial charge in [0.05, 0.1) is 13.2 Å². The molecule has 128 valence electrons. The summed E-state index contributed by atoms with van der Waals surface area (Å²) in [4.78, 5) is 14.6. The van der Waals surface area contributed by atoms with Crippen molar-refractivity contribution in [3.05, 3.63) is 18.3 Å². The summed E-state index contributed by atoms with van der Waals surface area (Å²) in [6, 6.07) is 3.20. The van der Waals surface area contributed by atoms with Crippen molar-refractivity contribution in [2.24, 2.45) is 0 Å². The topological polar surface area (TPSA) is 102 Å². The zero-order valence-corrected chi connectivity index (χ0v) is 14.1. The Bertz CT molecular complexity index is 625. The second-order valence-electron chi connectivity index (χ2n) is 5.53. The fraction of sp³-hybridized carbons (Fsp3) is 0.571. The third-order valence-electron chi connectivity index (χ3n) is 3.28. The molecule has 0 spiro atoms. The first-order chi connectivity index (χ1) is 10.9. The lowest BCUT2D eigenvalue weighted by Gasteiger charge is -2.25. The number of hydrogen-bond donors (Lipinski definition) is 2. The van der Waals surface area contributed by atoms with Crippen LogP contribution in [-0.2, 0) is 19.6 Å². The standard InChI is InChI=1S/C14H22N4O4S/c1-11(2)17-14(19)10-16-13-4-3-12(9-15-13)23(20,21)18-5-7-22-8-6-18/h3-4,9,11H,5-8,10H2,1-2H3,(H,15,16)(H,17,19)/p+1. The molecule has 0 unspecified atom stereocenters. The molecule has 0 atom stereocenters. The minimum atomic E-state index is -3.51. The fourth-order valence-electron chi connectivity index (χ4n) is 2.17. The second-order valence-corrected chi connectivity index (χ2v) is 7.47. The lowest BCUT2D eigenvalue weighted by Crippen LogP contribution is -2.41. The SMILES string of the molecule is CC(C)NC(=O)CNc1ccc(S(=O)(=O)N2CCOCC2)c[nH+]1. The van der Waals surface area contributed by atoms with Crippen LogP contribution in [0.1, 0.15) is 13.8 Å². The van der Waals surface area contributed by atoms with E-state index < -0.39 is 10.0 Å². The van der Waals surface area contributed by atoms with E-state index in [-0.39, 0.29) is 23.4 Å². The molecule has 3 N–H and O–H groups in total. The molecule has 0 aromatic carbocycles. The number of rotatable bonds is 6. The zero-order chi connectivity index (χ0) is 16.9. The molecule has 1 aliphatic heterocycles. The van der Waals surface area contributed by atoms with E-state index in [2.05, 4.69) is 15.6 Å². The van der Waals surface area contributed by atoms with Gasteiger partial charge in [-0.15, -0.1) is 0 Å². The van der Waals surface area contributed by atoms with Crippen molar-refractivity contribution in [1.82, 2.24) is 9.62 Å². The molecule has 23 heavy (non-hydrogen) atoms. The van der Waals surface area contributed by atoms with Crippen molar-refractivity contribution < 1.29 is 22.9 Å². The predicted molar refractivity (Wildman–Crippen MR) is 84.3 cm³/mol. The van der Waals surface area contributed by atoms with Crippen LogP contribution in [0.15, 0.2) is 23.2 Å². The van der Waals surface area contributed by atoms with Crippen molar-refractivity contribution >= 4 is 21.7 Å². The Hall–Kier alpha value is -1.71. The van der Waals surface area contributed by atoms with Gasteiger partial charge in [-0.2, -0.15) is 4.31 Å². The molecule has 1 saturated heterocycles. The summed E-state index contributed by atoms with van der Waals surface area (Å²) in [7, 11) is -3.51. The highest BCUT2D eigenvalue weighted by Gasteiger charge is 2.27. The van der Waals surface area contributed by atoms with E-state index in [4.69, 9.17) is 4.74 Å². The monoisotopic (exact) mass is 343 g/mol. The van der Waals surface area contributed by atoms with Crippen molar-refractivity contribution in [2.45, 2.75) is 24.8 Å². The van der Waals surface area contributed by atoms with Crippen LogP contribution in [-0.4, -0.2) is 57.5 Å². The van der Waals surface area contributed by atoms with Crippen LogP contribution in [0.25, 0.3) is 0 Å². The minimum absolute atomic E-state index is 0.0781. The van der Waals surface area contributed by atoms with Crippen LogP contribution in [0.2, 0.25) is 0 Å². The predicted octanol–water partition coefficient (Wildman–Crippen LogP) is -0.542. The Balaban J connectivity index is 1.97. The average Bonchev–Trinajstić information content (AvgIpc) is 2.53. The smallest absolute Gasteiger partial charge is 0.272 e. The molecular weight excluding hydrogens is 320 g/mol. The number of nitrogens with zero attached hydrogens (tertiary/aromatic N) is 1. The number of carbonyl (C=O) groups excluding carboxylic acids is 1. The van der Waals surface area contributed by atoms with Crippen molar-refractivity contribution in [3.8, 4) is 0 Å². The van der Waals surface area contributed by atoms with Gasteiger partial charge in [-0.05, 0) is 19.9 Å². The Morgan fingerprint density at radius 1 is 1.35 bits per heavy atom.